The minimum Gasteiger partial charge on any atom is -0.489 e. The van der Waals surface area contributed by atoms with Gasteiger partial charge in [-0.05, 0) is 74.5 Å². The van der Waals surface area contributed by atoms with Crippen LogP contribution in [0, 0.1) is 0 Å². The molecule has 546 valence electrons. The van der Waals surface area contributed by atoms with E-state index in [-0.39, 0.29) is 0 Å². The van der Waals surface area contributed by atoms with Gasteiger partial charge in [-0.1, -0.05) is 236 Å². The smallest absolute Gasteiger partial charge is 0.203 e. The monoisotopic (exact) mass is 1340 g/mol. The van der Waals surface area contributed by atoms with E-state index in [1.54, 1.807) is 0 Å². The Morgan fingerprint density at radius 2 is 0.396 bits per heavy atom. The van der Waals surface area contributed by atoms with Crippen LogP contribution in [0.5, 0.6) is 51.7 Å². The van der Waals surface area contributed by atoms with E-state index in [1.165, 1.54) is 0 Å². The van der Waals surface area contributed by atoms with Crippen LogP contribution in [0.1, 0.15) is 293 Å². The summed E-state index contributed by atoms with van der Waals surface area (Å²) in [5.41, 5.74) is 27.0. The van der Waals surface area contributed by atoms with Crippen LogP contribution in [0.3, 0.4) is 0 Å². The van der Waals surface area contributed by atoms with Gasteiger partial charge in [0.1, 0.15) is 0 Å². The third-order valence-corrected chi connectivity index (χ3v) is 17.7. The second-order valence-corrected chi connectivity index (χ2v) is 26.4. The molecule has 0 radical (unpaired) electrons. The molecule has 1 aliphatic carbocycles. The number of unbranched alkanes of at least 4 members (excludes halogenated alkanes) is 27. The third-order valence-electron chi connectivity index (χ3n) is 17.7. The van der Waals surface area contributed by atoms with Crippen LogP contribution >= 0.6 is 0 Å². The van der Waals surface area contributed by atoms with Gasteiger partial charge >= 0.3 is 0 Å². The summed E-state index contributed by atoms with van der Waals surface area (Å²) in [6, 6.07) is 9.94. The number of anilines is 3. The van der Waals surface area contributed by atoms with Crippen molar-refractivity contribution in [2.75, 3.05) is 75.4 Å². The van der Waals surface area contributed by atoms with Crippen LogP contribution in [0.25, 0.3) is 0 Å². The van der Waals surface area contributed by atoms with Crippen molar-refractivity contribution in [3.63, 3.8) is 0 Å². The first-order valence-corrected chi connectivity index (χ1v) is 39.0. The third kappa shape index (κ3) is 32.4. The fourth-order valence-corrected chi connectivity index (χ4v) is 11.6. The maximum Gasteiger partial charge on any atom is 0.203 e. The zero-order valence-electron chi connectivity index (χ0n) is 62.2. The molecule has 0 aromatic heterocycles. The van der Waals surface area contributed by atoms with E-state index in [4.69, 9.17) is 59.8 Å². The molecule has 9 N–H and O–H groups in total. The molecule has 0 saturated heterocycles. The van der Waals surface area contributed by atoms with Crippen molar-refractivity contribution >= 4 is 17.1 Å². The SMILES string of the molecule is CCCCCCOc1cc(NC=C2C(N)C(=CNc3cc(OCCCCCC)c(OCCCCCC)c(OCCCCCC)c3)C(N)C(=CNc3cc(OCCCCCC)c(OCCCCCC)c(OCCCCCC)c3)C2N)cc(OCCCCCC)c1OCCCCCC. The maximum atomic E-state index is 7.54. The van der Waals surface area contributed by atoms with Gasteiger partial charge in [-0.25, -0.2) is 0 Å². The highest BCUT2D eigenvalue weighted by Gasteiger charge is 2.36. The highest BCUT2D eigenvalue weighted by molar-refractivity contribution is 5.67. The Hall–Kier alpha value is -5.64. The molecule has 0 amide bonds. The first-order valence-electron chi connectivity index (χ1n) is 39.0. The highest BCUT2D eigenvalue weighted by atomic mass is 16.6. The molecule has 1 aliphatic rings. The zero-order valence-corrected chi connectivity index (χ0v) is 62.2. The molecule has 1 fully saturated rings. The van der Waals surface area contributed by atoms with Gasteiger partial charge in [0.25, 0.3) is 0 Å². The number of benzene rings is 3. The lowest BCUT2D eigenvalue weighted by Crippen LogP contribution is -2.52. The van der Waals surface area contributed by atoms with Gasteiger partial charge in [-0.2, -0.15) is 0 Å². The summed E-state index contributed by atoms with van der Waals surface area (Å²) in [5.74, 6) is 5.79. The van der Waals surface area contributed by atoms with Crippen LogP contribution in [0.15, 0.2) is 71.7 Å². The Bertz CT molecular complexity index is 2180. The van der Waals surface area contributed by atoms with E-state index in [9.17, 15) is 0 Å². The summed E-state index contributed by atoms with van der Waals surface area (Å²) in [4.78, 5) is 0. The molecule has 0 atom stereocenters. The van der Waals surface area contributed by atoms with E-state index in [0.717, 1.165) is 265 Å². The topological polar surface area (TPSA) is 197 Å². The molecule has 0 spiro atoms. The van der Waals surface area contributed by atoms with Crippen LogP contribution in [0.4, 0.5) is 17.1 Å². The normalized spacial score (nSPS) is 14.5. The molecular weight excluding hydrogens is 1200 g/mol. The lowest BCUT2D eigenvalue weighted by atomic mass is 9.77. The van der Waals surface area contributed by atoms with Crippen molar-refractivity contribution in [2.24, 2.45) is 17.2 Å². The summed E-state index contributed by atoms with van der Waals surface area (Å²) in [6.07, 6.45) is 44.8. The lowest BCUT2D eigenvalue weighted by Gasteiger charge is -2.37. The predicted octanol–water partition coefficient (Wildman–Crippen LogP) is 21.6. The molecule has 0 heterocycles. The molecule has 96 heavy (non-hydrogen) atoms. The number of hydrogen-bond acceptors (Lipinski definition) is 15. The van der Waals surface area contributed by atoms with Gasteiger partial charge in [-0.3, -0.25) is 0 Å². The van der Waals surface area contributed by atoms with E-state index >= 15 is 0 Å². The highest BCUT2D eigenvalue weighted by Crippen LogP contribution is 2.45. The van der Waals surface area contributed by atoms with E-state index in [0.29, 0.717) is 111 Å². The van der Waals surface area contributed by atoms with Crippen LogP contribution < -0.4 is 75.8 Å². The minimum atomic E-state index is -0.718. The van der Waals surface area contributed by atoms with E-state index < -0.39 is 18.1 Å². The second kappa shape index (κ2) is 53.3. The molecular formula is C81H138N6O9. The number of ether oxygens (including phenoxy) is 9. The summed E-state index contributed by atoms with van der Waals surface area (Å²) in [6.45, 7) is 25.1. The van der Waals surface area contributed by atoms with Crippen molar-refractivity contribution < 1.29 is 42.6 Å². The van der Waals surface area contributed by atoms with Crippen molar-refractivity contribution in [3.8, 4) is 51.7 Å². The quantitative estimate of drug-likeness (QED) is 0.0292. The molecule has 3 aromatic carbocycles. The average Bonchev–Trinajstić information content (AvgIpc) is 0.805. The predicted molar refractivity (Wildman–Crippen MR) is 405 cm³/mol. The van der Waals surface area contributed by atoms with Crippen LogP contribution in [0.2, 0.25) is 0 Å². The van der Waals surface area contributed by atoms with Crippen molar-refractivity contribution in [3.05, 3.63) is 71.7 Å². The van der Waals surface area contributed by atoms with Crippen molar-refractivity contribution in [1.82, 2.24) is 0 Å². The lowest BCUT2D eigenvalue weighted by molar-refractivity contribution is 0.235. The first-order chi connectivity index (χ1) is 47.1. The Morgan fingerprint density at radius 1 is 0.240 bits per heavy atom. The molecule has 15 nitrogen and oxygen atoms in total. The van der Waals surface area contributed by atoms with Gasteiger partial charge < -0.3 is 75.8 Å². The molecule has 4 rings (SSSR count). The molecule has 15 heteroatoms. The van der Waals surface area contributed by atoms with Crippen LogP contribution in [-0.2, 0) is 0 Å². The van der Waals surface area contributed by atoms with Crippen molar-refractivity contribution in [1.29, 1.82) is 0 Å². The Balaban J connectivity index is 1.95. The van der Waals surface area contributed by atoms with Gasteiger partial charge in [0.15, 0.2) is 34.5 Å². The van der Waals surface area contributed by atoms with Crippen molar-refractivity contribution in [2.45, 2.75) is 312 Å². The molecule has 0 bridgehead atoms. The average molecular weight is 1340 g/mol. The van der Waals surface area contributed by atoms with Gasteiger partial charge in [0, 0.05) is 72.1 Å². The standard InChI is InChI=1S/C81H138N6O9/c1-10-19-28-37-46-88-70-55-64(56-71(89-47-38-29-20-11-2)79(70)94-52-43-34-25-16-7)85-61-67-76(82)68(62-86-65-57-72(90-48-39-30-21-12-3)80(95-53-44-35-26-17-8)73(58-65)91-49-40-31-22-13-4)78(84)69(77(67)83)63-87-66-59-74(92-50-41-32-23-14-5)81(96-54-45-36-27-18-9)75(60-66)93-51-42-33-24-15-6/h55-63,76-78,85-87H,10-54,82-84H2,1-9H3. The summed E-state index contributed by atoms with van der Waals surface area (Å²) in [5, 5.41) is 11.0. The van der Waals surface area contributed by atoms with Gasteiger partial charge in [-0.15, -0.1) is 0 Å². The molecule has 3 aromatic rings. The number of rotatable bonds is 60. The maximum absolute atomic E-state index is 7.54. The molecule has 0 unspecified atom stereocenters. The summed E-state index contributed by atoms with van der Waals surface area (Å²) < 4.78 is 59.9. The fraction of sp³-hybridized carbons (Fsp3) is 0.704. The Kier molecular flexibility index (Phi) is 46.0. The summed E-state index contributed by atoms with van der Waals surface area (Å²) in [7, 11) is 0. The Morgan fingerprint density at radius 3 is 0.552 bits per heavy atom. The van der Waals surface area contributed by atoms with Gasteiger partial charge in [0.2, 0.25) is 17.2 Å². The zero-order chi connectivity index (χ0) is 69.1. The Labute approximate surface area is 584 Å². The number of hydrogen-bond donors (Lipinski definition) is 6. The van der Waals surface area contributed by atoms with E-state index in [2.05, 4.69) is 78.3 Å². The largest absolute Gasteiger partial charge is 0.489 e. The minimum absolute atomic E-state index is 0.560. The fourth-order valence-electron chi connectivity index (χ4n) is 11.6. The van der Waals surface area contributed by atoms with Crippen LogP contribution in [-0.4, -0.2) is 77.6 Å². The second-order valence-electron chi connectivity index (χ2n) is 26.4. The number of nitrogens with one attached hydrogen (secondary N) is 3. The molecule has 0 aliphatic heterocycles. The first kappa shape index (κ1) is 82.8. The number of nitrogens with two attached hydrogens (primary N) is 3. The summed E-state index contributed by atoms with van der Waals surface area (Å²) >= 11 is 0. The molecule has 1 saturated carbocycles. The van der Waals surface area contributed by atoms with E-state index in [1.807, 2.05) is 55.0 Å². The van der Waals surface area contributed by atoms with Gasteiger partial charge in [0.05, 0.1) is 77.6 Å².